The molecule has 0 aliphatic heterocycles. The van der Waals surface area contributed by atoms with Gasteiger partial charge in [0.15, 0.2) is 0 Å². The molecule has 0 amide bonds. The summed E-state index contributed by atoms with van der Waals surface area (Å²) in [7, 11) is 0. The van der Waals surface area contributed by atoms with E-state index in [1.807, 2.05) is 6.08 Å². The van der Waals surface area contributed by atoms with Gasteiger partial charge in [0, 0.05) is 0 Å². The van der Waals surface area contributed by atoms with Crippen LogP contribution < -0.4 is 0 Å². The van der Waals surface area contributed by atoms with Crippen LogP contribution in [0.25, 0.3) is 11.1 Å². The highest BCUT2D eigenvalue weighted by Crippen LogP contribution is 2.48. The molecule has 0 saturated heterocycles. The van der Waals surface area contributed by atoms with Crippen molar-refractivity contribution in [3.8, 4) is 11.1 Å². The number of hydrogen-bond donors (Lipinski definition) is 0. The molecule has 0 nitrogen and oxygen atoms in total. The second kappa shape index (κ2) is 8.36. The van der Waals surface area contributed by atoms with E-state index in [4.69, 9.17) is 0 Å². The fourth-order valence-electron chi connectivity index (χ4n) is 5.45. The molecule has 2 aromatic carbocycles. The van der Waals surface area contributed by atoms with Crippen molar-refractivity contribution in [1.82, 2.24) is 0 Å². The Labute approximate surface area is 178 Å². The van der Waals surface area contributed by atoms with E-state index in [1.165, 1.54) is 12.1 Å². The highest BCUT2D eigenvalue weighted by Gasteiger charge is 2.36. The van der Waals surface area contributed by atoms with Crippen molar-refractivity contribution in [3.63, 3.8) is 0 Å². The summed E-state index contributed by atoms with van der Waals surface area (Å²) in [5.41, 5.74) is -1.65. The number of allylic oxidation sites excluding steroid dienone is 1. The maximum atomic E-state index is 14.9. The average molecular weight is 438 g/mol. The van der Waals surface area contributed by atoms with Gasteiger partial charge in [-0.3, -0.25) is 0 Å². The van der Waals surface area contributed by atoms with E-state index in [1.54, 1.807) is 0 Å². The Morgan fingerprint density at radius 1 is 0.806 bits per heavy atom. The fraction of sp³-hybridized carbons (Fsp3) is 0.440. The van der Waals surface area contributed by atoms with E-state index in [-0.39, 0.29) is 11.5 Å². The number of hydrogen-bond acceptors (Lipinski definition) is 0. The smallest absolute Gasteiger partial charge is 0.206 e. The van der Waals surface area contributed by atoms with E-state index in [2.05, 4.69) is 6.58 Å². The van der Waals surface area contributed by atoms with Gasteiger partial charge in [0.05, 0.1) is 11.1 Å². The SMILES string of the molecule is C=CC1CCC2CC(c3cc(F)c(-c4ccc(C(F)(F)F)c(F)c4)c(F)c3)CCC2C1. The summed E-state index contributed by atoms with van der Waals surface area (Å²) in [6.07, 6.45) is 3.20. The van der Waals surface area contributed by atoms with Crippen LogP contribution in [0.2, 0.25) is 0 Å². The summed E-state index contributed by atoms with van der Waals surface area (Å²) in [6, 6.07) is 4.46. The van der Waals surface area contributed by atoms with Gasteiger partial charge in [0.25, 0.3) is 0 Å². The molecule has 2 fully saturated rings. The molecule has 4 rings (SSSR count). The van der Waals surface area contributed by atoms with Crippen molar-refractivity contribution in [2.45, 2.75) is 50.6 Å². The van der Waals surface area contributed by atoms with Crippen molar-refractivity contribution in [3.05, 3.63) is 71.6 Å². The largest absolute Gasteiger partial charge is 0.419 e. The van der Waals surface area contributed by atoms with E-state index in [0.717, 1.165) is 44.6 Å². The highest BCUT2D eigenvalue weighted by atomic mass is 19.4. The maximum absolute atomic E-state index is 14.9. The third-order valence-electron chi connectivity index (χ3n) is 7.09. The minimum Gasteiger partial charge on any atom is -0.206 e. The summed E-state index contributed by atoms with van der Waals surface area (Å²) in [5, 5.41) is 0. The summed E-state index contributed by atoms with van der Waals surface area (Å²) < 4.78 is 81.9. The van der Waals surface area contributed by atoms with Crippen LogP contribution in [-0.2, 0) is 6.18 Å². The second-order valence-corrected chi connectivity index (χ2v) is 8.89. The van der Waals surface area contributed by atoms with Crippen molar-refractivity contribution >= 4 is 0 Å². The van der Waals surface area contributed by atoms with Crippen LogP contribution in [0.1, 0.15) is 55.6 Å². The lowest BCUT2D eigenvalue weighted by Gasteiger charge is -2.41. The summed E-state index contributed by atoms with van der Waals surface area (Å²) in [6.45, 7) is 3.90. The highest BCUT2D eigenvalue weighted by molar-refractivity contribution is 5.66. The first-order valence-corrected chi connectivity index (χ1v) is 10.7. The molecule has 2 aliphatic carbocycles. The Morgan fingerprint density at radius 3 is 2.06 bits per heavy atom. The standard InChI is InChI=1S/C25H24F6/c1-2-14-3-4-16-10-17(6-5-15(16)9-14)19-12-22(27)24(23(28)13-19)18-7-8-20(21(26)11-18)25(29,30)31/h2,7-8,11-17H,1,3-6,9-10H2. The van der Waals surface area contributed by atoms with Crippen LogP contribution in [0.5, 0.6) is 0 Å². The van der Waals surface area contributed by atoms with Crippen LogP contribution in [0.15, 0.2) is 43.0 Å². The van der Waals surface area contributed by atoms with Crippen molar-refractivity contribution in [2.75, 3.05) is 0 Å². The van der Waals surface area contributed by atoms with Gasteiger partial charge in [-0.1, -0.05) is 12.1 Å². The molecule has 0 heterocycles. The van der Waals surface area contributed by atoms with Crippen LogP contribution in [0.4, 0.5) is 26.3 Å². The molecule has 0 N–H and O–H groups in total. The number of rotatable bonds is 3. The molecule has 2 aliphatic rings. The zero-order chi connectivity index (χ0) is 22.3. The third kappa shape index (κ3) is 4.39. The number of benzene rings is 2. The van der Waals surface area contributed by atoms with Gasteiger partial charge in [-0.25, -0.2) is 13.2 Å². The first kappa shape index (κ1) is 22.0. The fourth-order valence-corrected chi connectivity index (χ4v) is 5.45. The predicted molar refractivity (Wildman–Crippen MR) is 108 cm³/mol. The molecule has 31 heavy (non-hydrogen) atoms. The summed E-state index contributed by atoms with van der Waals surface area (Å²) in [5.74, 6) is -1.57. The minimum atomic E-state index is -4.87. The predicted octanol–water partition coefficient (Wildman–Crippen LogP) is 8.28. The lowest BCUT2D eigenvalue weighted by Crippen LogP contribution is -2.30. The zero-order valence-corrected chi connectivity index (χ0v) is 17.0. The Hall–Kier alpha value is -2.24. The van der Waals surface area contributed by atoms with E-state index in [0.29, 0.717) is 35.4 Å². The molecule has 2 saturated carbocycles. The Kier molecular flexibility index (Phi) is 5.93. The molecule has 2 aromatic rings. The van der Waals surface area contributed by atoms with Gasteiger partial charge in [-0.05, 0) is 97.6 Å². The Bertz CT molecular complexity index is 953. The molecule has 6 heteroatoms. The van der Waals surface area contributed by atoms with Crippen LogP contribution in [0.3, 0.4) is 0 Å². The van der Waals surface area contributed by atoms with Crippen LogP contribution in [0, 0.1) is 35.2 Å². The quantitative estimate of drug-likeness (QED) is 0.334. The van der Waals surface area contributed by atoms with Gasteiger partial charge in [0.1, 0.15) is 17.5 Å². The van der Waals surface area contributed by atoms with Crippen LogP contribution in [-0.4, -0.2) is 0 Å². The number of halogens is 6. The molecular formula is C25H24F6. The molecule has 166 valence electrons. The van der Waals surface area contributed by atoms with Gasteiger partial charge < -0.3 is 0 Å². The van der Waals surface area contributed by atoms with Gasteiger partial charge in [-0.15, -0.1) is 6.58 Å². The minimum absolute atomic E-state index is 0.0453. The van der Waals surface area contributed by atoms with Gasteiger partial charge in [0.2, 0.25) is 0 Å². The zero-order valence-electron chi connectivity index (χ0n) is 17.0. The lowest BCUT2D eigenvalue weighted by atomic mass is 9.64. The number of alkyl halides is 3. The molecule has 4 atom stereocenters. The van der Waals surface area contributed by atoms with Crippen molar-refractivity contribution < 1.29 is 26.3 Å². The topological polar surface area (TPSA) is 0 Å². The Morgan fingerprint density at radius 2 is 1.45 bits per heavy atom. The maximum Gasteiger partial charge on any atom is 0.419 e. The summed E-state index contributed by atoms with van der Waals surface area (Å²) >= 11 is 0. The van der Waals surface area contributed by atoms with E-state index < -0.39 is 34.8 Å². The molecule has 0 spiro atoms. The number of fused-ring (bicyclic) bond motifs is 1. The molecular weight excluding hydrogens is 414 g/mol. The third-order valence-corrected chi connectivity index (χ3v) is 7.09. The van der Waals surface area contributed by atoms with E-state index >= 15 is 0 Å². The lowest BCUT2D eigenvalue weighted by molar-refractivity contribution is -0.139. The molecule has 4 unspecified atom stereocenters. The van der Waals surface area contributed by atoms with Gasteiger partial charge >= 0.3 is 6.18 Å². The normalized spacial score (nSPS) is 26.4. The van der Waals surface area contributed by atoms with Crippen LogP contribution >= 0.6 is 0 Å². The molecule has 0 aromatic heterocycles. The Balaban J connectivity index is 1.57. The average Bonchev–Trinajstić information content (AvgIpc) is 2.71. The van der Waals surface area contributed by atoms with Gasteiger partial charge in [-0.2, -0.15) is 13.2 Å². The van der Waals surface area contributed by atoms with Crippen molar-refractivity contribution in [1.29, 1.82) is 0 Å². The van der Waals surface area contributed by atoms with E-state index in [9.17, 15) is 26.3 Å². The molecule has 0 radical (unpaired) electrons. The summed E-state index contributed by atoms with van der Waals surface area (Å²) in [4.78, 5) is 0. The first-order chi connectivity index (χ1) is 14.7. The van der Waals surface area contributed by atoms with Crippen molar-refractivity contribution in [2.24, 2.45) is 17.8 Å². The first-order valence-electron chi connectivity index (χ1n) is 10.7. The second-order valence-electron chi connectivity index (χ2n) is 8.89. The monoisotopic (exact) mass is 438 g/mol. The molecule has 0 bridgehead atoms.